The van der Waals surface area contributed by atoms with Crippen molar-refractivity contribution in [3.63, 3.8) is 0 Å². The first-order valence-corrected chi connectivity index (χ1v) is 11.2. The van der Waals surface area contributed by atoms with Gasteiger partial charge in [-0.05, 0) is 33.6 Å². The molecule has 0 aliphatic carbocycles. The van der Waals surface area contributed by atoms with Gasteiger partial charge in [0, 0.05) is 12.0 Å². The first-order valence-electron chi connectivity index (χ1n) is 9.71. The Labute approximate surface area is 183 Å². The van der Waals surface area contributed by atoms with Crippen LogP contribution in [0.2, 0.25) is 0 Å². The van der Waals surface area contributed by atoms with E-state index in [1.807, 2.05) is 6.92 Å². The summed E-state index contributed by atoms with van der Waals surface area (Å²) in [6, 6.07) is 0. The molecule has 13 heteroatoms. The molecular weight excluding hydrogens is 440 g/mol. The highest BCUT2D eigenvalue weighted by Gasteiger charge is 2.33. The number of hydrogen-bond acceptors (Lipinski definition) is 9. The second-order valence-corrected chi connectivity index (χ2v) is 8.39. The van der Waals surface area contributed by atoms with Crippen LogP contribution >= 0.6 is 0 Å². The maximum absolute atomic E-state index is 10.2. The fourth-order valence-corrected chi connectivity index (χ4v) is 2.12. The van der Waals surface area contributed by atoms with E-state index in [1.165, 1.54) is 6.92 Å². The van der Waals surface area contributed by atoms with E-state index in [0.29, 0.717) is 0 Å². The largest absolute Gasteiger partial charge is 0.481 e. The minimum Gasteiger partial charge on any atom is -0.481 e. The average molecular weight is 481 g/mol. The lowest BCUT2D eigenvalue weighted by Crippen LogP contribution is -2.31. The van der Waals surface area contributed by atoms with Crippen LogP contribution in [0.5, 0.6) is 0 Å². The van der Waals surface area contributed by atoms with Crippen LogP contribution in [0.25, 0.3) is 0 Å². The second kappa shape index (κ2) is 21.9. The molecule has 3 unspecified atom stereocenters. The molecule has 190 valence electrons. The SMILES string of the molecule is CC(C)O.CC(O)CO.CCCCC(CC)C(O)O.O=C(O)CC(C(=O)O)S(=O)(=O)O. The van der Waals surface area contributed by atoms with Crippen LogP contribution in [-0.4, -0.2) is 91.0 Å². The second-order valence-electron chi connectivity index (χ2n) is 6.79. The Bertz CT molecular complexity index is 529. The number of unbranched alkanes of at least 4 members (excludes halogenated alkanes) is 1. The number of aliphatic carboxylic acids is 2. The molecular formula is C18H40O12S. The van der Waals surface area contributed by atoms with Crippen molar-refractivity contribution in [2.24, 2.45) is 5.92 Å². The maximum atomic E-state index is 10.2. The van der Waals surface area contributed by atoms with Crippen molar-refractivity contribution >= 4 is 22.1 Å². The molecule has 12 nitrogen and oxygen atoms in total. The molecule has 0 saturated carbocycles. The van der Waals surface area contributed by atoms with E-state index in [4.69, 9.17) is 40.3 Å². The van der Waals surface area contributed by atoms with Crippen LogP contribution in [0.15, 0.2) is 0 Å². The average Bonchev–Trinajstić information content (AvgIpc) is 2.59. The lowest BCUT2D eigenvalue weighted by Gasteiger charge is -2.15. The Hall–Kier alpha value is -1.35. The van der Waals surface area contributed by atoms with E-state index in [2.05, 4.69) is 6.92 Å². The maximum Gasteiger partial charge on any atom is 0.325 e. The van der Waals surface area contributed by atoms with Crippen molar-refractivity contribution in [1.29, 1.82) is 0 Å². The molecule has 0 rings (SSSR count). The summed E-state index contributed by atoms with van der Waals surface area (Å²) in [6.07, 6.45) is 1.02. The van der Waals surface area contributed by atoms with E-state index in [0.717, 1.165) is 25.7 Å². The van der Waals surface area contributed by atoms with Crippen LogP contribution in [-0.2, 0) is 19.7 Å². The molecule has 0 aliphatic heterocycles. The van der Waals surface area contributed by atoms with Gasteiger partial charge >= 0.3 is 11.9 Å². The summed E-state index contributed by atoms with van der Waals surface area (Å²) < 4.78 is 28.7. The fraction of sp³-hybridized carbons (Fsp3) is 0.889. The summed E-state index contributed by atoms with van der Waals surface area (Å²) in [5.74, 6) is -3.42. The minimum absolute atomic E-state index is 0.0833. The molecule has 0 spiro atoms. The van der Waals surface area contributed by atoms with Gasteiger partial charge in [-0.2, -0.15) is 8.42 Å². The topological polar surface area (TPSA) is 230 Å². The molecule has 0 aromatic carbocycles. The number of aliphatic hydroxyl groups excluding tert-OH is 4. The normalized spacial score (nSPS) is 13.5. The number of aliphatic hydroxyl groups is 5. The number of carbonyl (C=O) groups is 2. The standard InChI is InChI=1S/C8H18O2.C4H6O7S.C3H8O2.C3H8O/c1-3-5-6-7(4-2)8(9)10;5-3(6)1-2(4(7)8)12(9,10)11;1-3(5)2-4;1-3(2)4/h7-10H,3-6H2,1-2H3;2H,1H2,(H,5,6)(H,7,8)(H,9,10,11);3-5H,2H2,1H3;3-4H,1-2H3. The highest BCUT2D eigenvalue weighted by molar-refractivity contribution is 7.87. The zero-order valence-corrected chi connectivity index (χ0v) is 19.6. The lowest BCUT2D eigenvalue weighted by molar-refractivity contribution is -0.143. The van der Waals surface area contributed by atoms with E-state index in [-0.39, 0.29) is 18.6 Å². The monoisotopic (exact) mass is 480 g/mol. The third-order valence-electron chi connectivity index (χ3n) is 3.13. The van der Waals surface area contributed by atoms with Crippen LogP contribution in [0.4, 0.5) is 0 Å². The van der Waals surface area contributed by atoms with Gasteiger partial charge in [-0.3, -0.25) is 14.1 Å². The van der Waals surface area contributed by atoms with Gasteiger partial charge < -0.3 is 35.7 Å². The zero-order valence-electron chi connectivity index (χ0n) is 18.7. The predicted octanol–water partition coefficient (Wildman–Crippen LogP) is 0.0622. The molecule has 0 fully saturated rings. The molecule has 0 heterocycles. The summed E-state index contributed by atoms with van der Waals surface area (Å²) in [6.45, 7) is 8.93. The van der Waals surface area contributed by atoms with E-state index < -0.39 is 46.1 Å². The van der Waals surface area contributed by atoms with Crippen LogP contribution < -0.4 is 0 Å². The van der Waals surface area contributed by atoms with E-state index in [9.17, 15) is 18.0 Å². The van der Waals surface area contributed by atoms with Crippen LogP contribution in [0, 0.1) is 5.92 Å². The summed E-state index contributed by atoms with van der Waals surface area (Å²) in [4.78, 5) is 20.0. The first-order chi connectivity index (χ1) is 14.0. The van der Waals surface area contributed by atoms with Crippen molar-refractivity contribution < 1.29 is 58.3 Å². The van der Waals surface area contributed by atoms with Crippen molar-refractivity contribution in [3.05, 3.63) is 0 Å². The van der Waals surface area contributed by atoms with Gasteiger partial charge in [0.25, 0.3) is 10.1 Å². The Balaban J connectivity index is -0.000000172. The van der Waals surface area contributed by atoms with Crippen molar-refractivity contribution in [2.75, 3.05) is 6.61 Å². The van der Waals surface area contributed by atoms with E-state index in [1.54, 1.807) is 13.8 Å². The van der Waals surface area contributed by atoms with Crippen molar-refractivity contribution in [3.8, 4) is 0 Å². The smallest absolute Gasteiger partial charge is 0.325 e. The number of rotatable bonds is 10. The summed E-state index contributed by atoms with van der Waals surface area (Å²) in [5, 5.41) is 55.6. The minimum atomic E-state index is -4.84. The first kappa shape index (κ1) is 37.0. The summed E-state index contributed by atoms with van der Waals surface area (Å²) in [5.41, 5.74) is 0. The van der Waals surface area contributed by atoms with Gasteiger partial charge in [0.1, 0.15) is 0 Å². The van der Waals surface area contributed by atoms with Gasteiger partial charge in [-0.1, -0.05) is 26.7 Å². The molecule has 8 N–H and O–H groups in total. The van der Waals surface area contributed by atoms with Gasteiger partial charge in [0.2, 0.25) is 0 Å². The van der Waals surface area contributed by atoms with Gasteiger partial charge in [0.15, 0.2) is 11.5 Å². The van der Waals surface area contributed by atoms with Crippen molar-refractivity contribution in [1.82, 2.24) is 0 Å². The number of hydrogen-bond donors (Lipinski definition) is 8. The quantitative estimate of drug-likeness (QED) is 0.153. The predicted molar refractivity (Wildman–Crippen MR) is 113 cm³/mol. The summed E-state index contributed by atoms with van der Waals surface area (Å²) in [7, 11) is -4.84. The molecule has 0 aromatic heterocycles. The molecule has 0 aliphatic rings. The van der Waals surface area contributed by atoms with Gasteiger partial charge in [-0.25, -0.2) is 0 Å². The van der Waals surface area contributed by atoms with E-state index >= 15 is 0 Å². The van der Waals surface area contributed by atoms with Crippen molar-refractivity contribution in [2.45, 2.75) is 90.5 Å². The molecule has 0 saturated heterocycles. The van der Waals surface area contributed by atoms with Crippen LogP contribution in [0.3, 0.4) is 0 Å². The molecule has 3 atom stereocenters. The molecule has 0 radical (unpaired) electrons. The van der Waals surface area contributed by atoms with Crippen LogP contribution in [0.1, 0.15) is 66.7 Å². The third kappa shape index (κ3) is 33.5. The molecule has 0 amide bonds. The number of carboxylic acid groups (broad SMARTS) is 2. The molecule has 0 aromatic rings. The zero-order chi connectivity index (χ0) is 25.8. The Morgan fingerprint density at radius 3 is 1.45 bits per heavy atom. The van der Waals surface area contributed by atoms with Gasteiger partial charge in [0.05, 0.1) is 19.1 Å². The fourth-order valence-electron chi connectivity index (χ4n) is 1.51. The Morgan fingerprint density at radius 1 is 0.935 bits per heavy atom. The third-order valence-corrected chi connectivity index (χ3v) is 4.22. The van der Waals surface area contributed by atoms with Gasteiger partial charge in [-0.15, -0.1) is 0 Å². The Morgan fingerprint density at radius 2 is 1.32 bits per heavy atom. The number of carboxylic acids is 2. The molecule has 0 bridgehead atoms. The Kier molecular flexibility index (Phi) is 26.1. The highest BCUT2D eigenvalue weighted by Crippen LogP contribution is 2.14. The lowest BCUT2D eigenvalue weighted by atomic mass is 9.99. The molecule has 31 heavy (non-hydrogen) atoms. The highest BCUT2D eigenvalue weighted by atomic mass is 32.2. The summed E-state index contributed by atoms with van der Waals surface area (Å²) >= 11 is 0.